The maximum absolute atomic E-state index is 12.5. The van der Waals surface area contributed by atoms with E-state index >= 15 is 0 Å². The summed E-state index contributed by atoms with van der Waals surface area (Å²) in [6.07, 6.45) is 40.2. The van der Waals surface area contributed by atoms with E-state index in [0.29, 0.717) is 19.3 Å². The summed E-state index contributed by atoms with van der Waals surface area (Å²) in [6.45, 7) is 6.38. The molecule has 0 fully saturated rings. The van der Waals surface area contributed by atoms with E-state index in [2.05, 4.69) is 57.2 Å². The van der Waals surface area contributed by atoms with Crippen molar-refractivity contribution < 1.29 is 28.6 Å². The molecule has 0 radical (unpaired) electrons. The zero-order valence-corrected chi connectivity index (χ0v) is 31.5. The average Bonchev–Trinajstić information content (AvgIpc) is 3.08. The van der Waals surface area contributed by atoms with Crippen LogP contribution in [0.15, 0.2) is 36.5 Å². The molecule has 0 amide bonds. The number of esters is 3. The zero-order chi connectivity index (χ0) is 35.2. The summed E-state index contributed by atoms with van der Waals surface area (Å²) in [5.41, 5.74) is 0. The Kier molecular flexibility index (Phi) is 35.6. The maximum Gasteiger partial charge on any atom is 0.306 e. The molecule has 6 heteroatoms. The lowest BCUT2D eigenvalue weighted by Gasteiger charge is -2.18. The molecule has 1 atom stereocenters. The molecule has 0 aromatic heterocycles. The van der Waals surface area contributed by atoms with Crippen LogP contribution in [0.2, 0.25) is 0 Å². The Bertz CT molecular complexity index is 830. The fourth-order valence-corrected chi connectivity index (χ4v) is 5.40. The Hall–Kier alpha value is -2.37. The van der Waals surface area contributed by atoms with E-state index in [1.54, 1.807) is 0 Å². The number of unbranched alkanes of at least 4 members (excludes halogenated alkanes) is 18. The van der Waals surface area contributed by atoms with Crippen LogP contribution >= 0.6 is 0 Å². The van der Waals surface area contributed by atoms with Crippen molar-refractivity contribution in [2.45, 2.75) is 200 Å². The van der Waals surface area contributed by atoms with Crippen molar-refractivity contribution in [2.24, 2.45) is 0 Å². The minimum absolute atomic E-state index is 0.0754. The minimum atomic E-state index is -0.765. The van der Waals surface area contributed by atoms with Crippen LogP contribution in [-0.4, -0.2) is 37.2 Å². The first-order chi connectivity index (χ1) is 23.5. The van der Waals surface area contributed by atoms with E-state index in [1.807, 2.05) is 0 Å². The highest BCUT2D eigenvalue weighted by atomic mass is 16.6. The molecule has 1 unspecified atom stereocenters. The fraction of sp³-hybridized carbons (Fsp3) is 0.786. The minimum Gasteiger partial charge on any atom is -0.462 e. The molecule has 0 bridgehead atoms. The summed E-state index contributed by atoms with van der Waals surface area (Å²) in [7, 11) is 0. The quantitative estimate of drug-likeness (QED) is 0.0288. The monoisotopic (exact) mass is 675 g/mol. The second-order valence-corrected chi connectivity index (χ2v) is 13.2. The van der Waals surface area contributed by atoms with Gasteiger partial charge in [-0.25, -0.2) is 0 Å². The largest absolute Gasteiger partial charge is 0.462 e. The van der Waals surface area contributed by atoms with Gasteiger partial charge in [0.15, 0.2) is 6.10 Å². The van der Waals surface area contributed by atoms with Crippen molar-refractivity contribution in [3.63, 3.8) is 0 Å². The lowest BCUT2D eigenvalue weighted by Crippen LogP contribution is -2.30. The molecule has 0 aliphatic carbocycles. The molecule has 0 N–H and O–H groups in total. The normalized spacial score (nSPS) is 12.3. The van der Waals surface area contributed by atoms with Crippen LogP contribution in [0.1, 0.15) is 194 Å². The van der Waals surface area contributed by atoms with E-state index in [0.717, 1.165) is 89.9 Å². The summed E-state index contributed by atoms with van der Waals surface area (Å²) in [5.74, 6) is -0.908. The molecule has 0 aliphatic heterocycles. The number of ether oxygens (including phenoxy) is 3. The molecule has 6 nitrogen and oxygen atoms in total. The van der Waals surface area contributed by atoms with Crippen LogP contribution in [0.25, 0.3) is 0 Å². The van der Waals surface area contributed by atoms with Gasteiger partial charge in [-0.1, -0.05) is 160 Å². The third kappa shape index (κ3) is 35.0. The molecular weight excluding hydrogens is 600 g/mol. The third-order valence-corrected chi connectivity index (χ3v) is 8.41. The van der Waals surface area contributed by atoms with E-state index in [4.69, 9.17) is 14.2 Å². The molecule has 0 aromatic carbocycles. The van der Waals surface area contributed by atoms with Gasteiger partial charge in [0.05, 0.1) is 0 Å². The summed E-state index contributed by atoms with van der Waals surface area (Å²) in [4.78, 5) is 37.2. The van der Waals surface area contributed by atoms with Crippen molar-refractivity contribution in [3.8, 4) is 0 Å². The second-order valence-electron chi connectivity index (χ2n) is 13.2. The van der Waals surface area contributed by atoms with Gasteiger partial charge in [0, 0.05) is 19.3 Å². The lowest BCUT2D eigenvalue weighted by molar-refractivity contribution is -0.167. The van der Waals surface area contributed by atoms with Gasteiger partial charge in [-0.3, -0.25) is 14.4 Å². The van der Waals surface area contributed by atoms with Gasteiger partial charge in [-0.15, -0.1) is 0 Å². The van der Waals surface area contributed by atoms with Crippen molar-refractivity contribution in [1.29, 1.82) is 0 Å². The van der Waals surface area contributed by atoms with Gasteiger partial charge in [0.1, 0.15) is 13.2 Å². The standard InChI is InChI=1S/C42H74O6/c1-4-7-10-13-15-17-18-19-20-21-22-23-24-25-27-29-32-35-41(44)47-38-39(37-46-40(43)34-31-28-12-9-6-3)48-42(45)36-33-30-26-16-14-11-8-5-2/h7,10,15,17,19-20,39H,4-6,8-9,11-14,16,18,21-38H2,1-3H3/b10-7-,17-15-,20-19-. The van der Waals surface area contributed by atoms with Gasteiger partial charge >= 0.3 is 17.9 Å². The molecule has 0 rings (SSSR count). The molecule has 0 saturated carbocycles. The van der Waals surface area contributed by atoms with Gasteiger partial charge in [0.25, 0.3) is 0 Å². The Balaban J connectivity index is 4.20. The summed E-state index contributed by atoms with van der Waals surface area (Å²) in [6, 6.07) is 0. The van der Waals surface area contributed by atoms with Crippen LogP contribution in [0.5, 0.6) is 0 Å². The lowest BCUT2D eigenvalue weighted by atomic mass is 10.1. The van der Waals surface area contributed by atoms with Gasteiger partial charge < -0.3 is 14.2 Å². The highest BCUT2D eigenvalue weighted by Crippen LogP contribution is 2.13. The highest BCUT2D eigenvalue weighted by Gasteiger charge is 2.19. The third-order valence-electron chi connectivity index (χ3n) is 8.41. The number of hydrogen-bond acceptors (Lipinski definition) is 6. The number of allylic oxidation sites excluding steroid dienone is 6. The molecule has 278 valence electrons. The first-order valence-corrected chi connectivity index (χ1v) is 20.0. The Morgan fingerprint density at radius 2 is 0.812 bits per heavy atom. The number of carbonyl (C=O) groups excluding carboxylic acids is 3. The highest BCUT2D eigenvalue weighted by molar-refractivity contribution is 5.71. The van der Waals surface area contributed by atoms with Crippen molar-refractivity contribution in [1.82, 2.24) is 0 Å². The Morgan fingerprint density at radius 3 is 1.27 bits per heavy atom. The van der Waals surface area contributed by atoms with Crippen molar-refractivity contribution in [2.75, 3.05) is 13.2 Å². The second kappa shape index (κ2) is 37.4. The van der Waals surface area contributed by atoms with Crippen molar-refractivity contribution in [3.05, 3.63) is 36.5 Å². The Labute approximate surface area is 295 Å². The topological polar surface area (TPSA) is 78.9 Å². The molecule has 0 spiro atoms. The predicted molar refractivity (Wildman–Crippen MR) is 201 cm³/mol. The molecule has 0 aromatic rings. The van der Waals surface area contributed by atoms with E-state index in [-0.39, 0.29) is 31.1 Å². The van der Waals surface area contributed by atoms with E-state index in [9.17, 15) is 14.4 Å². The molecular formula is C42H74O6. The summed E-state index contributed by atoms with van der Waals surface area (Å²) >= 11 is 0. The summed E-state index contributed by atoms with van der Waals surface area (Å²) < 4.78 is 16.5. The summed E-state index contributed by atoms with van der Waals surface area (Å²) in [5, 5.41) is 0. The van der Waals surface area contributed by atoms with Crippen LogP contribution in [0.4, 0.5) is 0 Å². The van der Waals surface area contributed by atoms with Crippen LogP contribution in [0.3, 0.4) is 0 Å². The average molecular weight is 675 g/mol. The van der Waals surface area contributed by atoms with Gasteiger partial charge in [-0.05, 0) is 51.4 Å². The SMILES string of the molecule is CC/C=C\C/C=C\C/C=C\CCCCCCCCCC(=O)OCC(COC(=O)CCCCCCC)OC(=O)CCCCCCCCCC. The van der Waals surface area contributed by atoms with Gasteiger partial charge in [0.2, 0.25) is 0 Å². The zero-order valence-electron chi connectivity index (χ0n) is 31.5. The Morgan fingerprint density at radius 1 is 0.438 bits per heavy atom. The number of hydrogen-bond donors (Lipinski definition) is 0. The maximum atomic E-state index is 12.5. The molecule has 48 heavy (non-hydrogen) atoms. The van der Waals surface area contributed by atoms with Gasteiger partial charge in [-0.2, -0.15) is 0 Å². The molecule has 0 saturated heterocycles. The molecule has 0 heterocycles. The number of rotatable bonds is 35. The van der Waals surface area contributed by atoms with E-state index < -0.39 is 6.10 Å². The van der Waals surface area contributed by atoms with Crippen LogP contribution in [0, 0.1) is 0 Å². The first-order valence-electron chi connectivity index (χ1n) is 20.0. The fourth-order valence-electron chi connectivity index (χ4n) is 5.40. The molecule has 0 aliphatic rings. The first kappa shape index (κ1) is 45.6. The van der Waals surface area contributed by atoms with Crippen LogP contribution in [-0.2, 0) is 28.6 Å². The smallest absolute Gasteiger partial charge is 0.306 e. The van der Waals surface area contributed by atoms with Crippen molar-refractivity contribution >= 4 is 17.9 Å². The van der Waals surface area contributed by atoms with Crippen LogP contribution < -0.4 is 0 Å². The number of carbonyl (C=O) groups is 3. The predicted octanol–water partition coefficient (Wildman–Crippen LogP) is 12.2. The van der Waals surface area contributed by atoms with E-state index in [1.165, 1.54) is 64.2 Å².